The van der Waals surface area contributed by atoms with Gasteiger partial charge in [0.25, 0.3) is 10.0 Å². The van der Waals surface area contributed by atoms with Crippen molar-refractivity contribution in [2.45, 2.75) is 11.8 Å². The van der Waals surface area contributed by atoms with E-state index >= 15 is 0 Å². The van der Waals surface area contributed by atoms with Crippen LogP contribution in [-0.4, -0.2) is 15.0 Å². The molecule has 0 aliphatic rings. The molecule has 21 heavy (non-hydrogen) atoms. The highest BCUT2D eigenvalue weighted by Crippen LogP contribution is 2.19. The molecule has 0 saturated heterocycles. The van der Waals surface area contributed by atoms with E-state index in [0.717, 1.165) is 0 Å². The van der Waals surface area contributed by atoms with Crippen LogP contribution >= 0.6 is 0 Å². The minimum atomic E-state index is -3.64. The van der Waals surface area contributed by atoms with Gasteiger partial charge in [0, 0.05) is 5.56 Å². The van der Waals surface area contributed by atoms with Gasteiger partial charge >= 0.3 is 0 Å². The highest BCUT2D eigenvalue weighted by Gasteiger charge is 2.14. The molecule has 2 rings (SSSR count). The molecular weight excluding hydrogens is 286 g/mol. The minimum Gasteiger partial charge on any atom is -0.494 e. The number of benzene rings is 2. The third-order valence-electron chi connectivity index (χ3n) is 2.73. The number of rotatable bonds is 5. The average Bonchev–Trinajstić information content (AvgIpc) is 2.48. The summed E-state index contributed by atoms with van der Waals surface area (Å²) in [6, 6.07) is 12.9. The molecule has 0 aliphatic carbocycles. The fourth-order valence-corrected chi connectivity index (χ4v) is 2.82. The molecule has 2 aromatic rings. The molecular formula is C16H15NO3S. The number of terminal acetylenes is 1. The van der Waals surface area contributed by atoms with Crippen LogP contribution in [0, 0.1) is 12.3 Å². The lowest BCUT2D eigenvalue weighted by Crippen LogP contribution is -2.12. The molecule has 0 spiro atoms. The largest absolute Gasteiger partial charge is 0.494 e. The van der Waals surface area contributed by atoms with E-state index in [9.17, 15) is 8.42 Å². The molecule has 0 bridgehead atoms. The van der Waals surface area contributed by atoms with Gasteiger partial charge in [-0.2, -0.15) is 0 Å². The minimum absolute atomic E-state index is 0.164. The molecule has 0 aromatic heterocycles. The lowest BCUT2D eigenvalue weighted by Gasteiger charge is -2.09. The topological polar surface area (TPSA) is 55.4 Å². The predicted octanol–water partition coefficient (Wildman–Crippen LogP) is 2.87. The van der Waals surface area contributed by atoms with Crippen molar-refractivity contribution in [3.05, 3.63) is 54.1 Å². The second kappa shape index (κ2) is 6.33. The fourth-order valence-electron chi connectivity index (χ4n) is 1.77. The number of anilines is 1. The Labute approximate surface area is 124 Å². The Balaban J connectivity index is 2.23. The van der Waals surface area contributed by atoms with E-state index in [1.54, 1.807) is 36.4 Å². The Morgan fingerprint density at radius 1 is 1.19 bits per heavy atom. The molecule has 0 aliphatic heterocycles. The second-order valence-electron chi connectivity index (χ2n) is 4.24. The van der Waals surface area contributed by atoms with E-state index in [0.29, 0.717) is 23.6 Å². The van der Waals surface area contributed by atoms with E-state index < -0.39 is 10.0 Å². The van der Waals surface area contributed by atoms with Gasteiger partial charge in [0.05, 0.1) is 17.2 Å². The van der Waals surface area contributed by atoms with Crippen molar-refractivity contribution in [2.24, 2.45) is 0 Å². The number of sulfonamides is 1. The molecule has 0 saturated carbocycles. The Morgan fingerprint density at radius 2 is 1.90 bits per heavy atom. The van der Waals surface area contributed by atoms with Crippen molar-refractivity contribution in [2.75, 3.05) is 11.3 Å². The zero-order valence-electron chi connectivity index (χ0n) is 11.5. The predicted molar refractivity (Wildman–Crippen MR) is 82.8 cm³/mol. The molecule has 0 fully saturated rings. The summed E-state index contributed by atoms with van der Waals surface area (Å²) < 4.78 is 32.3. The van der Waals surface area contributed by atoms with Gasteiger partial charge in [-0.3, -0.25) is 4.72 Å². The highest BCUT2D eigenvalue weighted by atomic mass is 32.2. The standard InChI is InChI=1S/C16H15NO3S/c1-3-13-6-5-7-14(12-13)17-21(18,19)16-10-8-15(9-11-16)20-4-2/h1,5-12,17H,4H2,2H3. The maximum absolute atomic E-state index is 12.3. The van der Waals surface area contributed by atoms with Gasteiger partial charge in [0.15, 0.2) is 0 Å². The van der Waals surface area contributed by atoms with Crippen LogP contribution in [0.5, 0.6) is 5.75 Å². The lowest BCUT2D eigenvalue weighted by molar-refractivity contribution is 0.340. The molecule has 4 nitrogen and oxygen atoms in total. The van der Waals surface area contributed by atoms with Crippen LogP contribution in [0.3, 0.4) is 0 Å². The normalized spacial score (nSPS) is 10.7. The summed E-state index contributed by atoms with van der Waals surface area (Å²) in [7, 11) is -3.64. The van der Waals surface area contributed by atoms with E-state index in [1.165, 1.54) is 12.1 Å². The summed E-state index contributed by atoms with van der Waals surface area (Å²) in [5.41, 5.74) is 1.04. The first-order valence-electron chi connectivity index (χ1n) is 6.37. The fraction of sp³-hybridized carbons (Fsp3) is 0.125. The van der Waals surface area contributed by atoms with Gasteiger partial charge in [-0.05, 0) is 49.4 Å². The number of hydrogen-bond donors (Lipinski definition) is 1. The Morgan fingerprint density at radius 3 is 2.52 bits per heavy atom. The summed E-state index contributed by atoms with van der Waals surface area (Å²) >= 11 is 0. The Hall–Kier alpha value is -2.45. The second-order valence-corrected chi connectivity index (χ2v) is 5.92. The molecule has 2 aromatic carbocycles. The number of nitrogens with one attached hydrogen (secondary N) is 1. The molecule has 0 atom stereocenters. The van der Waals surface area contributed by atoms with E-state index in [-0.39, 0.29) is 4.90 Å². The number of ether oxygens (including phenoxy) is 1. The molecule has 0 amide bonds. The summed E-state index contributed by atoms with van der Waals surface area (Å²) in [4.78, 5) is 0.164. The average molecular weight is 301 g/mol. The third-order valence-corrected chi connectivity index (χ3v) is 4.12. The highest BCUT2D eigenvalue weighted by molar-refractivity contribution is 7.92. The zero-order valence-corrected chi connectivity index (χ0v) is 12.4. The Kier molecular flexibility index (Phi) is 4.51. The quantitative estimate of drug-likeness (QED) is 0.864. The number of hydrogen-bond acceptors (Lipinski definition) is 3. The van der Waals surface area contributed by atoms with Crippen LogP contribution < -0.4 is 9.46 Å². The smallest absolute Gasteiger partial charge is 0.261 e. The first-order chi connectivity index (χ1) is 10.0. The van der Waals surface area contributed by atoms with E-state index in [1.807, 2.05) is 6.92 Å². The Bertz CT molecular complexity index is 759. The maximum atomic E-state index is 12.3. The van der Waals surface area contributed by atoms with Gasteiger partial charge < -0.3 is 4.74 Å². The maximum Gasteiger partial charge on any atom is 0.261 e. The molecule has 0 unspecified atom stereocenters. The van der Waals surface area contributed by atoms with Crippen molar-refractivity contribution in [3.63, 3.8) is 0 Å². The van der Waals surface area contributed by atoms with Crippen molar-refractivity contribution in [3.8, 4) is 18.1 Å². The SMILES string of the molecule is C#Cc1cccc(NS(=O)(=O)c2ccc(OCC)cc2)c1. The van der Waals surface area contributed by atoms with Crippen LogP contribution in [0.1, 0.15) is 12.5 Å². The van der Waals surface area contributed by atoms with Crippen LogP contribution in [0.4, 0.5) is 5.69 Å². The van der Waals surface area contributed by atoms with Crippen LogP contribution in [0.25, 0.3) is 0 Å². The van der Waals surface area contributed by atoms with Gasteiger partial charge in [-0.1, -0.05) is 12.0 Å². The van der Waals surface area contributed by atoms with Gasteiger partial charge in [0.2, 0.25) is 0 Å². The first-order valence-corrected chi connectivity index (χ1v) is 7.86. The van der Waals surface area contributed by atoms with Crippen LogP contribution in [-0.2, 0) is 10.0 Å². The lowest BCUT2D eigenvalue weighted by atomic mass is 10.2. The monoisotopic (exact) mass is 301 g/mol. The first kappa shape index (κ1) is 14.9. The van der Waals surface area contributed by atoms with Gasteiger partial charge in [-0.25, -0.2) is 8.42 Å². The van der Waals surface area contributed by atoms with Crippen molar-refractivity contribution >= 4 is 15.7 Å². The molecule has 0 radical (unpaired) electrons. The summed E-state index contributed by atoms with van der Waals surface area (Å²) in [5.74, 6) is 3.09. The molecule has 1 N–H and O–H groups in total. The molecule has 108 valence electrons. The van der Waals surface area contributed by atoms with Crippen LogP contribution in [0.15, 0.2) is 53.4 Å². The summed E-state index contributed by atoms with van der Waals surface area (Å²) in [6.07, 6.45) is 5.30. The third kappa shape index (κ3) is 3.77. The summed E-state index contributed by atoms with van der Waals surface area (Å²) in [6.45, 7) is 2.40. The van der Waals surface area contributed by atoms with E-state index in [2.05, 4.69) is 10.6 Å². The van der Waals surface area contributed by atoms with E-state index in [4.69, 9.17) is 11.2 Å². The van der Waals surface area contributed by atoms with Gasteiger partial charge in [0.1, 0.15) is 5.75 Å². The van der Waals surface area contributed by atoms with Crippen molar-refractivity contribution in [1.82, 2.24) is 0 Å². The molecule has 0 heterocycles. The van der Waals surface area contributed by atoms with Crippen molar-refractivity contribution < 1.29 is 13.2 Å². The molecule has 5 heteroatoms. The zero-order chi connectivity index (χ0) is 15.3. The van der Waals surface area contributed by atoms with Crippen LogP contribution in [0.2, 0.25) is 0 Å². The van der Waals surface area contributed by atoms with Gasteiger partial charge in [-0.15, -0.1) is 6.42 Å². The van der Waals surface area contributed by atoms with Crippen molar-refractivity contribution in [1.29, 1.82) is 0 Å². The summed E-state index contributed by atoms with van der Waals surface area (Å²) in [5, 5.41) is 0.